The lowest BCUT2D eigenvalue weighted by Gasteiger charge is -2.13. The molecular weight excluding hydrogens is 212 g/mol. The molecule has 0 saturated carbocycles. The second-order valence-corrected chi connectivity index (χ2v) is 4.39. The molecule has 0 aromatic carbocycles. The van der Waals surface area contributed by atoms with E-state index in [9.17, 15) is 0 Å². The number of halogens is 1. The predicted octanol–water partition coefficient (Wildman–Crippen LogP) is 4.77. The molecule has 0 aliphatic carbocycles. The molecule has 0 fully saturated rings. The lowest BCUT2D eigenvalue weighted by atomic mass is 9.94. The molecule has 0 spiro atoms. The summed E-state index contributed by atoms with van der Waals surface area (Å²) in [6.07, 6.45) is 9.82. The standard InChI is InChI=1S/C11H23Br/c1-3-5-6-8-11(4-2)9-7-10-12/h11H,3-10H2,1-2H3/t11-/m1/s1. The Morgan fingerprint density at radius 1 is 1.00 bits per heavy atom. The van der Waals surface area contributed by atoms with Crippen LogP contribution < -0.4 is 0 Å². The van der Waals surface area contributed by atoms with Crippen molar-refractivity contribution >= 4 is 15.9 Å². The maximum absolute atomic E-state index is 3.49. The molecule has 0 aliphatic rings. The first kappa shape index (κ1) is 12.5. The summed E-state index contributed by atoms with van der Waals surface area (Å²) in [6.45, 7) is 4.60. The van der Waals surface area contributed by atoms with E-state index in [-0.39, 0.29) is 0 Å². The SMILES string of the molecule is CCCCC[C@@H](CC)CCCBr. The summed E-state index contributed by atoms with van der Waals surface area (Å²) in [5.41, 5.74) is 0. The van der Waals surface area contributed by atoms with E-state index in [1.165, 1.54) is 50.3 Å². The van der Waals surface area contributed by atoms with Crippen LogP contribution in [0.4, 0.5) is 0 Å². The monoisotopic (exact) mass is 234 g/mol. The van der Waals surface area contributed by atoms with Crippen LogP contribution in [0.15, 0.2) is 0 Å². The Morgan fingerprint density at radius 3 is 2.17 bits per heavy atom. The normalized spacial score (nSPS) is 13.2. The van der Waals surface area contributed by atoms with Gasteiger partial charge in [0.05, 0.1) is 0 Å². The number of hydrogen-bond donors (Lipinski definition) is 0. The second kappa shape index (κ2) is 9.57. The van der Waals surface area contributed by atoms with E-state index < -0.39 is 0 Å². The smallest absolute Gasteiger partial charge is 0.00314 e. The highest BCUT2D eigenvalue weighted by molar-refractivity contribution is 9.09. The fraction of sp³-hybridized carbons (Fsp3) is 1.00. The minimum atomic E-state index is 0.995. The molecule has 0 N–H and O–H groups in total. The van der Waals surface area contributed by atoms with E-state index in [0.29, 0.717) is 0 Å². The summed E-state index contributed by atoms with van der Waals surface area (Å²) in [5.74, 6) is 0.995. The zero-order valence-electron chi connectivity index (χ0n) is 8.61. The number of unbranched alkanes of at least 4 members (excludes halogenated alkanes) is 2. The van der Waals surface area contributed by atoms with Crippen molar-refractivity contribution < 1.29 is 0 Å². The lowest BCUT2D eigenvalue weighted by molar-refractivity contribution is 0.414. The van der Waals surface area contributed by atoms with E-state index in [0.717, 1.165) is 5.92 Å². The molecule has 1 heteroatoms. The van der Waals surface area contributed by atoms with Crippen molar-refractivity contribution in [3.63, 3.8) is 0 Å². The van der Waals surface area contributed by atoms with Gasteiger partial charge in [0.2, 0.25) is 0 Å². The molecule has 0 unspecified atom stereocenters. The minimum Gasteiger partial charge on any atom is -0.0928 e. The number of alkyl halides is 1. The maximum atomic E-state index is 3.49. The third-order valence-electron chi connectivity index (χ3n) is 2.54. The summed E-state index contributed by atoms with van der Waals surface area (Å²) in [6, 6.07) is 0. The predicted molar refractivity (Wildman–Crippen MR) is 61.0 cm³/mol. The van der Waals surface area contributed by atoms with E-state index in [1.807, 2.05) is 0 Å². The summed E-state index contributed by atoms with van der Waals surface area (Å²) < 4.78 is 0. The molecule has 0 bridgehead atoms. The fourth-order valence-corrected chi connectivity index (χ4v) is 1.93. The van der Waals surface area contributed by atoms with Gasteiger partial charge in [0.15, 0.2) is 0 Å². The maximum Gasteiger partial charge on any atom is 0.00314 e. The van der Waals surface area contributed by atoms with Gasteiger partial charge in [-0.05, 0) is 18.8 Å². The van der Waals surface area contributed by atoms with Gasteiger partial charge in [-0.15, -0.1) is 0 Å². The molecule has 0 radical (unpaired) electrons. The Balaban J connectivity index is 3.26. The average molecular weight is 235 g/mol. The van der Waals surface area contributed by atoms with E-state index in [2.05, 4.69) is 29.8 Å². The first-order chi connectivity index (χ1) is 5.85. The van der Waals surface area contributed by atoms with Gasteiger partial charge in [-0.25, -0.2) is 0 Å². The van der Waals surface area contributed by atoms with Crippen LogP contribution in [0, 0.1) is 5.92 Å². The van der Waals surface area contributed by atoms with Crippen LogP contribution in [-0.2, 0) is 0 Å². The zero-order valence-corrected chi connectivity index (χ0v) is 10.2. The highest BCUT2D eigenvalue weighted by Crippen LogP contribution is 2.19. The molecule has 0 saturated heterocycles. The van der Waals surface area contributed by atoms with Gasteiger partial charge in [-0.3, -0.25) is 0 Å². The lowest BCUT2D eigenvalue weighted by Crippen LogP contribution is -1.99. The van der Waals surface area contributed by atoms with Crippen LogP contribution in [0.25, 0.3) is 0 Å². The summed E-state index contributed by atoms with van der Waals surface area (Å²) in [5, 5.41) is 1.18. The molecule has 12 heavy (non-hydrogen) atoms. The molecule has 1 atom stereocenters. The van der Waals surface area contributed by atoms with Gasteiger partial charge in [-0.2, -0.15) is 0 Å². The van der Waals surface area contributed by atoms with Crippen LogP contribution in [0.2, 0.25) is 0 Å². The van der Waals surface area contributed by atoms with Crippen molar-refractivity contribution in [2.75, 3.05) is 5.33 Å². The van der Waals surface area contributed by atoms with Crippen LogP contribution in [0.5, 0.6) is 0 Å². The highest BCUT2D eigenvalue weighted by Gasteiger charge is 2.04. The topological polar surface area (TPSA) is 0 Å². The van der Waals surface area contributed by atoms with Crippen LogP contribution >= 0.6 is 15.9 Å². The van der Waals surface area contributed by atoms with Crippen molar-refractivity contribution in [1.29, 1.82) is 0 Å². The van der Waals surface area contributed by atoms with Crippen molar-refractivity contribution in [3.8, 4) is 0 Å². The van der Waals surface area contributed by atoms with Gasteiger partial charge in [0, 0.05) is 5.33 Å². The summed E-state index contributed by atoms with van der Waals surface area (Å²) in [7, 11) is 0. The fourth-order valence-electron chi connectivity index (χ4n) is 1.60. The Morgan fingerprint density at radius 2 is 1.67 bits per heavy atom. The molecule has 0 aromatic heterocycles. The van der Waals surface area contributed by atoms with Crippen LogP contribution in [0.1, 0.15) is 58.8 Å². The van der Waals surface area contributed by atoms with E-state index in [1.54, 1.807) is 0 Å². The molecule has 0 aromatic rings. The van der Waals surface area contributed by atoms with E-state index >= 15 is 0 Å². The first-order valence-corrected chi connectivity index (χ1v) is 6.53. The number of hydrogen-bond acceptors (Lipinski definition) is 0. The number of rotatable bonds is 8. The summed E-state index contributed by atoms with van der Waals surface area (Å²) in [4.78, 5) is 0. The average Bonchev–Trinajstić information content (AvgIpc) is 2.11. The second-order valence-electron chi connectivity index (χ2n) is 3.60. The molecule has 74 valence electrons. The summed E-state index contributed by atoms with van der Waals surface area (Å²) >= 11 is 3.49. The van der Waals surface area contributed by atoms with Crippen molar-refractivity contribution in [2.45, 2.75) is 58.8 Å². The molecular formula is C11H23Br. The van der Waals surface area contributed by atoms with Gasteiger partial charge in [0.1, 0.15) is 0 Å². The Hall–Kier alpha value is 0.480. The van der Waals surface area contributed by atoms with Crippen molar-refractivity contribution in [3.05, 3.63) is 0 Å². The minimum absolute atomic E-state index is 0.995. The highest BCUT2D eigenvalue weighted by atomic mass is 79.9. The molecule has 0 heterocycles. The zero-order chi connectivity index (χ0) is 9.23. The third kappa shape index (κ3) is 7.15. The van der Waals surface area contributed by atoms with Gasteiger partial charge >= 0.3 is 0 Å². The van der Waals surface area contributed by atoms with Crippen molar-refractivity contribution in [2.24, 2.45) is 5.92 Å². The van der Waals surface area contributed by atoms with Gasteiger partial charge in [-0.1, -0.05) is 61.9 Å². The van der Waals surface area contributed by atoms with E-state index in [4.69, 9.17) is 0 Å². The Labute approximate surface area is 86.3 Å². The third-order valence-corrected chi connectivity index (χ3v) is 3.10. The van der Waals surface area contributed by atoms with Crippen LogP contribution in [-0.4, -0.2) is 5.33 Å². The largest absolute Gasteiger partial charge is 0.0928 e. The molecule has 0 rings (SSSR count). The quantitative estimate of drug-likeness (QED) is 0.420. The molecule has 0 aliphatic heterocycles. The Bertz CT molecular complexity index is 81.1. The molecule has 0 nitrogen and oxygen atoms in total. The molecule has 0 amide bonds. The van der Waals surface area contributed by atoms with Gasteiger partial charge < -0.3 is 0 Å². The first-order valence-electron chi connectivity index (χ1n) is 5.41. The van der Waals surface area contributed by atoms with Crippen LogP contribution in [0.3, 0.4) is 0 Å². The van der Waals surface area contributed by atoms with Crippen molar-refractivity contribution in [1.82, 2.24) is 0 Å². The Kier molecular flexibility index (Phi) is 9.95. The van der Waals surface area contributed by atoms with Gasteiger partial charge in [0.25, 0.3) is 0 Å².